The Balaban J connectivity index is 2.19. The Morgan fingerprint density at radius 2 is 2.12 bits per heavy atom. The molecule has 1 aromatic rings. The van der Waals surface area contributed by atoms with Crippen LogP contribution >= 0.6 is 11.3 Å². The first-order chi connectivity index (χ1) is 8.11. The molecule has 0 spiro atoms. The van der Waals surface area contributed by atoms with Crippen molar-refractivity contribution in [1.82, 2.24) is 10.6 Å². The Bertz CT molecular complexity index is 350. The molecule has 17 heavy (non-hydrogen) atoms. The fourth-order valence-electron chi connectivity index (χ4n) is 1.33. The molecule has 1 unspecified atom stereocenters. The smallest absolute Gasteiger partial charge is 0.315 e. The maximum Gasteiger partial charge on any atom is 0.315 e. The molecule has 0 radical (unpaired) electrons. The summed E-state index contributed by atoms with van der Waals surface area (Å²) in [6.07, 6.45) is 1.23. The third kappa shape index (κ3) is 5.70. The van der Waals surface area contributed by atoms with Crippen LogP contribution in [0, 0.1) is 0 Å². The van der Waals surface area contributed by atoms with Gasteiger partial charge in [0.05, 0.1) is 12.6 Å². The van der Waals surface area contributed by atoms with Crippen molar-refractivity contribution in [2.75, 3.05) is 6.54 Å². The number of carbonyl (C=O) groups is 1. The van der Waals surface area contributed by atoms with Crippen molar-refractivity contribution in [1.29, 1.82) is 0 Å². The highest BCUT2D eigenvalue weighted by molar-refractivity contribution is 7.11. The summed E-state index contributed by atoms with van der Waals surface area (Å²) in [6, 6.07) is 3.95. The van der Waals surface area contributed by atoms with E-state index in [2.05, 4.69) is 23.6 Å². The molecule has 1 aromatic heterocycles. The SMILES string of the molecule is CCc1ccc(CNC(=O)NCCC(C)O)s1. The third-order valence-corrected chi connectivity index (χ3v) is 3.57. The van der Waals surface area contributed by atoms with Crippen LogP contribution in [0.5, 0.6) is 0 Å². The highest BCUT2D eigenvalue weighted by atomic mass is 32.1. The zero-order valence-corrected chi connectivity index (χ0v) is 11.1. The number of nitrogens with one attached hydrogen (secondary N) is 2. The van der Waals surface area contributed by atoms with Gasteiger partial charge in [-0.3, -0.25) is 0 Å². The fraction of sp³-hybridized carbons (Fsp3) is 0.583. The van der Waals surface area contributed by atoms with Gasteiger partial charge in [-0.2, -0.15) is 0 Å². The number of aryl methyl sites for hydroxylation is 1. The standard InChI is InChI=1S/C12H20N2O2S/c1-3-10-4-5-11(17-10)8-14-12(16)13-7-6-9(2)15/h4-5,9,15H,3,6-8H2,1-2H3,(H2,13,14,16). The molecule has 0 aliphatic carbocycles. The van der Waals surface area contributed by atoms with E-state index in [0.717, 1.165) is 11.3 Å². The first-order valence-corrected chi connectivity index (χ1v) is 6.70. The maximum absolute atomic E-state index is 11.4. The van der Waals surface area contributed by atoms with E-state index in [1.165, 1.54) is 4.88 Å². The lowest BCUT2D eigenvalue weighted by Gasteiger charge is -2.07. The van der Waals surface area contributed by atoms with Gasteiger partial charge in [0.15, 0.2) is 0 Å². The Morgan fingerprint density at radius 1 is 1.41 bits per heavy atom. The highest BCUT2D eigenvalue weighted by Crippen LogP contribution is 2.16. The summed E-state index contributed by atoms with van der Waals surface area (Å²) < 4.78 is 0. The van der Waals surface area contributed by atoms with E-state index in [-0.39, 0.29) is 12.1 Å². The first-order valence-electron chi connectivity index (χ1n) is 5.89. The molecule has 0 saturated heterocycles. The lowest BCUT2D eigenvalue weighted by molar-refractivity contribution is 0.183. The van der Waals surface area contributed by atoms with Crippen molar-refractivity contribution in [2.24, 2.45) is 0 Å². The topological polar surface area (TPSA) is 61.4 Å². The summed E-state index contributed by atoms with van der Waals surface area (Å²) in [6.45, 7) is 4.88. The minimum Gasteiger partial charge on any atom is -0.393 e. The van der Waals surface area contributed by atoms with Crippen LogP contribution in [0.3, 0.4) is 0 Å². The average molecular weight is 256 g/mol. The monoisotopic (exact) mass is 256 g/mol. The lowest BCUT2D eigenvalue weighted by atomic mass is 10.3. The summed E-state index contributed by atoms with van der Waals surface area (Å²) in [7, 11) is 0. The summed E-state index contributed by atoms with van der Waals surface area (Å²) in [4.78, 5) is 13.9. The van der Waals surface area contributed by atoms with E-state index in [9.17, 15) is 4.79 Å². The van der Waals surface area contributed by atoms with Crippen molar-refractivity contribution in [3.8, 4) is 0 Å². The number of thiophene rings is 1. The van der Waals surface area contributed by atoms with Crippen LogP contribution in [0.15, 0.2) is 12.1 Å². The molecule has 0 aliphatic heterocycles. The summed E-state index contributed by atoms with van der Waals surface area (Å²) in [5.74, 6) is 0. The molecule has 3 N–H and O–H groups in total. The van der Waals surface area contributed by atoms with Crippen molar-refractivity contribution in [3.63, 3.8) is 0 Å². The molecule has 1 heterocycles. The average Bonchev–Trinajstić information content (AvgIpc) is 2.73. The molecule has 5 heteroatoms. The Hall–Kier alpha value is -1.07. The van der Waals surface area contributed by atoms with Gasteiger partial charge in [0.25, 0.3) is 0 Å². The molecule has 1 rings (SSSR count). The van der Waals surface area contributed by atoms with Crippen LogP contribution < -0.4 is 10.6 Å². The number of urea groups is 1. The molecule has 0 fully saturated rings. The zero-order chi connectivity index (χ0) is 12.7. The molecular weight excluding hydrogens is 236 g/mol. The molecule has 0 saturated carbocycles. The van der Waals surface area contributed by atoms with E-state index in [4.69, 9.17) is 5.11 Å². The van der Waals surface area contributed by atoms with Gasteiger partial charge in [0.2, 0.25) is 0 Å². The van der Waals surface area contributed by atoms with E-state index in [1.54, 1.807) is 18.3 Å². The predicted molar refractivity (Wildman–Crippen MR) is 70.2 cm³/mol. The molecule has 96 valence electrons. The lowest BCUT2D eigenvalue weighted by Crippen LogP contribution is -2.36. The number of carbonyl (C=O) groups excluding carboxylic acids is 1. The van der Waals surface area contributed by atoms with E-state index < -0.39 is 0 Å². The minimum atomic E-state index is -0.375. The van der Waals surface area contributed by atoms with Crippen molar-refractivity contribution < 1.29 is 9.90 Å². The van der Waals surface area contributed by atoms with Crippen LogP contribution in [0.2, 0.25) is 0 Å². The molecule has 0 bridgehead atoms. The van der Waals surface area contributed by atoms with Gasteiger partial charge in [-0.05, 0) is 31.9 Å². The second-order valence-electron chi connectivity index (χ2n) is 3.97. The van der Waals surface area contributed by atoms with Gasteiger partial charge in [-0.15, -0.1) is 11.3 Å². The second kappa shape index (κ2) is 7.29. The number of rotatable bonds is 6. The molecule has 0 aliphatic rings. The Kier molecular flexibility index (Phi) is 6.00. The van der Waals surface area contributed by atoms with Crippen molar-refractivity contribution >= 4 is 17.4 Å². The summed E-state index contributed by atoms with van der Waals surface area (Å²) >= 11 is 1.72. The first kappa shape index (κ1) is 14.0. The Labute approximate surface area is 106 Å². The van der Waals surface area contributed by atoms with Crippen LogP contribution in [-0.2, 0) is 13.0 Å². The maximum atomic E-state index is 11.4. The van der Waals surface area contributed by atoms with Crippen LogP contribution in [-0.4, -0.2) is 23.8 Å². The molecule has 1 atom stereocenters. The van der Waals surface area contributed by atoms with E-state index >= 15 is 0 Å². The molecule has 0 aromatic carbocycles. The van der Waals surface area contributed by atoms with Gasteiger partial charge >= 0.3 is 6.03 Å². The number of hydrogen-bond acceptors (Lipinski definition) is 3. The number of aliphatic hydroxyl groups excluding tert-OH is 1. The summed E-state index contributed by atoms with van der Waals surface area (Å²) in [5.41, 5.74) is 0. The molecule has 4 nitrogen and oxygen atoms in total. The highest BCUT2D eigenvalue weighted by Gasteiger charge is 2.03. The number of hydrogen-bond donors (Lipinski definition) is 3. The second-order valence-corrected chi connectivity index (χ2v) is 5.22. The van der Waals surface area contributed by atoms with Crippen LogP contribution in [0.4, 0.5) is 4.79 Å². The van der Waals surface area contributed by atoms with E-state index in [1.807, 2.05) is 6.07 Å². The third-order valence-electron chi connectivity index (χ3n) is 2.34. The predicted octanol–water partition coefficient (Wildman–Crippen LogP) is 1.88. The normalized spacial score (nSPS) is 12.2. The number of aliphatic hydroxyl groups is 1. The van der Waals surface area contributed by atoms with Gasteiger partial charge in [0.1, 0.15) is 0 Å². The number of amides is 2. The van der Waals surface area contributed by atoms with Crippen LogP contribution in [0.1, 0.15) is 30.0 Å². The zero-order valence-electron chi connectivity index (χ0n) is 10.3. The van der Waals surface area contributed by atoms with Gasteiger partial charge in [-0.1, -0.05) is 6.92 Å². The Morgan fingerprint density at radius 3 is 2.71 bits per heavy atom. The van der Waals surface area contributed by atoms with Gasteiger partial charge in [-0.25, -0.2) is 4.79 Å². The van der Waals surface area contributed by atoms with Crippen molar-refractivity contribution in [3.05, 3.63) is 21.9 Å². The molecular formula is C12H20N2O2S. The van der Waals surface area contributed by atoms with Gasteiger partial charge < -0.3 is 15.7 Å². The molecule has 2 amide bonds. The summed E-state index contributed by atoms with van der Waals surface area (Å²) in [5, 5.41) is 14.5. The van der Waals surface area contributed by atoms with E-state index in [0.29, 0.717) is 19.5 Å². The van der Waals surface area contributed by atoms with Crippen molar-refractivity contribution in [2.45, 2.75) is 39.3 Å². The largest absolute Gasteiger partial charge is 0.393 e. The van der Waals surface area contributed by atoms with Crippen LogP contribution in [0.25, 0.3) is 0 Å². The quantitative estimate of drug-likeness (QED) is 0.728. The minimum absolute atomic E-state index is 0.183. The fourth-order valence-corrected chi connectivity index (χ4v) is 2.23. The van der Waals surface area contributed by atoms with Gasteiger partial charge in [0, 0.05) is 16.3 Å².